The second kappa shape index (κ2) is 5.89. The maximum Gasteiger partial charge on any atom is 0.238 e. The maximum atomic E-state index is 11.4. The normalized spacial score (nSPS) is 11.1. The van der Waals surface area contributed by atoms with Crippen LogP contribution < -0.4 is 21.5 Å². The number of nitrogens with two attached hydrogens (primary N) is 2. The van der Waals surface area contributed by atoms with Crippen LogP contribution in [-0.4, -0.2) is 27.9 Å². The lowest BCUT2D eigenvalue weighted by Gasteiger charge is -2.13. The fourth-order valence-electron chi connectivity index (χ4n) is 1.62. The van der Waals surface area contributed by atoms with E-state index in [0.717, 1.165) is 0 Å². The van der Waals surface area contributed by atoms with Crippen LogP contribution in [0.5, 0.6) is 0 Å². The van der Waals surface area contributed by atoms with Gasteiger partial charge in [0.2, 0.25) is 15.9 Å². The highest BCUT2D eigenvalue weighted by atomic mass is 32.2. The van der Waals surface area contributed by atoms with Crippen LogP contribution in [0, 0.1) is 6.92 Å². The van der Waals surface area contributed by atoms with Crippen molar-refractivity contribution in [3.63, 3.8) is 0 Å². The van der Waals surface area contributed by atoms with Gasteiger partial charge in [0.25, 0.3) is 0 Å². The van der Waals surface area contributed by atoms with Gasteiger partial charge in [-0.15, -0.1) is 0 Å². The Bertz CT molecular complexity index is 584. The number of rotatable bonds is 5. The third-order valence-electron chi connectivity index (χ3n) is 2.64. The van der Waals surface area contributed by atoms with Gasteiger partial charge in [-0.25, -0.2) is 13.6 Å². The van der Waals surface area contributed by atoms with Crippen molar-refractivity contribution in [2.45, 2.75) is 18.2 Å². The molecule has 0 bridgehead atoms. The number of hydrogen-bond acceptors (Lipinski definition) is 5. The summed E-state index contributed by atoms with van der Waals surface area (Å²) >= 11 is 0. The van der Waals surface area contributed by atoms with Crippen LogP contribution in [0.3, 0.4) is 0 Å². The predicted molar refractivity (Wildman–Crippen MR) is 74.1 cm³/mol. The molecular weight excluding hydrogens is 268 g/mol. The molecule has 1 amide bonds. The first-order valence-corrected chi connectivity index (χ1v) is 7.17. The molecule has 0 aliphatic rings. The minimum absolute atomic E-state index is 0.0186. The van der Waals surface area contributed by atoms with Crippen molar-refractivity contribution in [3.05, 3.63) is 17.7 Å². The summed E-state index contributed by atoms with van der Waals surface area (Å²) in [5, 5.41) is 10.6. The van der Waals surface area contributed by atoms with Gasteiger partial charge in [0, 0.05) is 31.4 Å². The topological polar surface area (TPSA) is 127 Å². The molecule has 7 nitrogen and oxygen atoms in total. The number of hydrogen-bond donors (Lipinski definition) is 4. The molecular formula is C11H18N4O3S. The number of nitrogen functional groups attached to an aromatic ring is 1. The Kier molecular flexibility index (Phi) is 4.73. The molecule has 6 N–H and O–H groups in total. The number of sulfonamides is 1. The number of carbonyl (C=O) groups is 1. The molecule has 8 heteroatoms. The zero-order valence-corrected chi connectivity index (χ0v) is 11.7. The average molecular weight is 286 g/mol. The summed E-state index contributed by atoms with van der Waals surface area (Å²) in [6.07, 6.45) is 0.273. The Morgan fingerprint density at radius 2 is 2.00 bits per heavy atom. The Labute approximate surface area is 112 Å². The van der Waals surface area contributed by atoms with Crippen molar-refractivity contribution in [1.29, 1.82) is 0 Å². The molecule has 0 spiro atoms. The van der Waals surface area contributed by atoms with Crippen molar-refractivity contribution in [1.82, 2.24) is 5.32 Å². The summed E-state index contributed by atoms with van der Waals surface area (Å²) in [5.41, 5.74) is 6.96. The first kappa shape index (κ1) is 15.3. The van der Waals surface area contributed by atoms with Gasteiger partial charge in [-0.3, -0.25) is 4.79 Å². The zero-order valence-electron chi connectivity index (χ0n) is 10.9. The smallest absolute Gasteiger partial charge is 0.238 e. The van der Waals surface area contributed by atoms with Crippen LogP contribution in [0.1, 0.15) is 12.0 Å². The van der Waals surface area contributed by atoms with E-state index >= 15 is 0 Å². The highest BCUT2D eigenvalue weighted by molar-refractivity contribution is 7.89. The lowest BCUT2D eigenvalue weighted by molar-refractivity contribution is -0.120. The molecule has 0 aliphatic heterocycles. The molecule has 106 valence electrons. The number of anilines is 2. The van der Waals surface area contributed by atoms with Crippen LogP contribution in [0.4, 0.5) is 11.4 Å². The van der Waals surface area contributed by atoms with Crippen LogP contribution in [0.25, 0.3) is 0 Å². The third kappa shape index (κ3) is 4.11. The van der Waals surface area contributed by atoms with E-state index < -0.39 is 10.0 Å². The highest BCUT2D eigenvalue weighted by Crippen LogP contribution is 2.25. The number of amides is 1. The van der Waals surface area contributed by atoms with Gasteiger partial charge < -0.3 is 16.4 Å². The minimum atomic E-state index is -3.82. The summed E-state index contributed by atoms with van der Waals surface area (Å²) in [5.74, 6) is -0.110. The molecule has 0 aliphatic carbocycles. The molecule has 1 rings (SSSR count). The second-order valence-corrected chi connectivity index (χ2v) is 5.62. The van der Waals surface area contributed by atoms with E-state index in [0.29, 0.717) is 17.8 Å². The molecule has 0 saturated heterocycles. The maximum absolute atomic E-state index is 11.4. The van der Waals surface area contributed by atoms with E-state index in [1.165, 1.54) is 6.07 Å². The van der Waals surface area contributed by atoms with Crippen molar-refractivity contribution in [3.8, 4) is 0 Å². The van der Waals surface area contributed by atoms with Gasteiger partial charge in [0.05, 0.1) is 4.90 Å². The Morgan fingerprint density at radius 3 is 2.53 bits per heavy atom. The summed E-state index contributed by atoms with van der Waals surface area (Å²) in [6.45, 7) is 2.00. The van der Waals surface area contributed by atoms with Gasteiger partial charge in [-0.2, -0.15) is 0 Å². The molecule has 1 aromatic rings. The van der Waals surface area contributed by atoms with E-state index in [4.69, 9.17) is 10.9 Å². The SMILES string of the molecule is CNC(=O)CCNc1cc(N)cc(S(N)(=O)=O)c1C. The molecule has 0 fully saturated rings. The van der Waals surface area contributed by atoms with Gasteiger partial charge in [0.1, 0.15) is 0 Å². The van der Waals surface area contributed by atoms with E-state index in [9.17, 15) is 13.2 Å². The number of benzene rings is 1. The number of carbonyl (C=O) groups excluding carboxylic acids is 1. The monoisotopic (exact) mass is 286 g/mol. The van der Waals surface area contributed by atoms with Crippen molar-refractivity contribution >= 4 is 27.3 Å². The fraction of sp³-hybridized carbons (Fsp3) is 0.364. The van der Waals surface area contributed by atoms with Crippen molar-refractivity contribution in [2.24, 2.45) is 5.14 Å². The molecule has 0 aromatic heterocycles. The highest BCUT2D eigenvalue weighted by Gasteiger charge is 2.15. The van der Waals surface area contributed by atoms with Gasteiger partial charge in [-0.05, 0) is 24.6 Å². The minimum Gasteiger partial charge on any atom is -0.399 e. The molecule has 0 saturated carbocycles. The summed E-state index contributed by atoms with van der Waals surface area (Å²) in [7, 11) is -2.28. The van der Waals surface area contributed by atoms with E-state index in [2.05, 4.69) is 10.6 Å². The van der Waals surface area contributed by atoms with E-state index in [1.807, 2.05) is 0 Å². The zero-order chi connectivity index (χ0) is 14.6. The van der Waals surface area contributed by atoms with Crippen LogP contribution in [0.15, 0.2) is 17.0 Å². The van der Waals surface area contributed by atoms with Crippen molar-refractivity contribution in [2.75, 3.05) is 24.6 Å². The quantitative estimate of drug-likeness (QED) is 0.556. The van der Waals surface area contributed by atoms with E-state index in [1.54, 1.807) is 20.0 Å². The van der Waals surface area contributed by atoms with Gasteiger partial charge >= 0.3 is 0 Å². The lowest BCUT2D eigenvalue weighted by atomic mass is 10.1. The average Bonchev–Trinajstić information content (AvgIpc) is 2.31. The largest absolute Gasteiger partial charge is 0.399 e. The Balaban J connectivity index is 2.96. The standard InChI is InChI=1S/C11H18N4O3S/c1-7-9(15-4-3-11(16)14-2)5-8(12)6-10(7)19(13,17)18/h5-6,15H,3-4,12H2,1-2H3,(H,14,16)(H2,13,17,18). The molecule has 1 aromatic carbocycles. The molecule has 19 heavy (non-hydrogen) atoms. The third-order valence-corrected chi connectivity index (χ3v) is 3.67. The van der Waals surface area contributed by atoms with E-state index in [-0.39, 0.29) is 22.9 Å². The first-order chi connectivity index (χ1) is 8.75. The molecule has 0 heterocycles. The fourth-order valence-corrected chi connectivity index (χ4v) is 2.46. The first-order valence-electron chi connectivity index (χ1n) is 5.63. The summed E-state index contributed by atoms with van der Waals surface area (Å²) < 4.78 is 22.8. The second-order valence-electron chi connectivity index (χ2n) is 4.09. The van der Waals surface area contributed by atoms with Crippen LogP contribution >= 0.6 is 0 Å². The number of nitrogens with one attached hydrogen (secondary N) is 2. The molecule has 0 unspecified atom stereocenters. The predicted octanol–water partition coefficient (Wildman–Crippen LogP) is -0.227. The Hall–Kier alpha value is -1.80. The molecule has 0 atom stereocenters. The van der Waals surface area contributed by atoms with Gasteiger partial charge in [0.15, 0.2) is 0 Å². The van der Waals surface area contributed by atoms with Crippen LogP contribution in [0.2, 0.25) is 0 Å². The van der Waals surface area contributed by atoms with Crippen LogP contribution in [-0.2, 0) is 14.8 Å². The molecule has 0 radical (unpaired) electrons. The lowest BCUT2D eigenvalue weighted by Crippen LogP contribution is -2.21. The van der Waals surface area contributed by atoms with Crippen molar-refractivity contribution < 1.29 is 13.2 Å². The summed E-state index contributed by atoms with van der Waals surface area (Å²) in [6, 6.07) is 2.92. The van der Waals surface area contributed by atoms with Gasteiger partial charge in [-0.1, -0.05) is 0 Å². The summed E-state index contributed by atoms with van der Waals surface area (Å²) in [4.78, 5) is 11.1. The Morgan fingerprint density at radius 1 is 1.37 bits per heavy atom. The number of primary sulfonamides is 1.